The zero-order chi connectivity index (χ0) is 13.6. The molecule has 0 heterocycles. The van der Waals surface area contributed by atoms with Gasteiger partial charge < -0.3 is 15.2 Å². The number of nitrogens with two attached hydrogens (primary N) is 1. The predicted molar refractivity (Wildman–Crippen MR) is 80.5 cm³/mol. The van der Waals surface area contributed by atoms with E-state index >= 15 is 0 Å². The van der Waals surface area contributed by atoms with Gasteiger partial charge in [-0.1, -0.05) is 35.2 Å². The van der Waals surface area contributed by atoms with Crippen molar-refractivity contribution in [3.8, 4) is 5.75 Å². The Kier molecular flexibility index (Phi) is 5.67. The molecule has 0 unspecified atom stereocenters. The van der Waals surface area contributed by atoms with Gasteiger partial charge in [-0.15, -0.1) is 0 Å². The van der Waals surface area contributed by atoms with E-state index in [0.29, 0.717) is 19.8 Å². The second kappa shape index (κ2) is 7.27. The zero-order valence-electron chi connectivity index (χ0n) is 11.2. The molecule has 1 aromatic carbocycles. The molecular formula is C15H22BrNO2. The lowest BCUT2D eigenvalue weighted by molar-refractivity contribution is 0.0498. The van der Waals surface area contributed by atoms with E-state index in [2.05, 4.69) is 15.9 Å². The largest absolute Gasteiger partial charge is 0.491 e. The number of hydrogen-bond donors (Lipinski definition) is 1. The van der Waals surface area contributed by atoms with Crippen LogP contribution in [0, 0.1) is 0 Å². The molecule has 0 saturated heterocycles. The van der Waals surface area contributed by atoms with E-state index in [4.69, 9.17) is 15.2 Å². The Morgan fingerprint density at radius 3 is 2.42 bits per heavy atom. The molecule has 1 fully saturated rings. The summed E-state index contributed by atoms with van der Waals surface area (Å²) in [6.07, 6.45) is 5.94. The van der Waals surface area contributed by atoms with Crippen LogP contribution in [0.3, 0.4) is 0 Å². The van der Waals surface area contributed by atoms with Gasteiger partial charge in [-0.2, -0.15) is 0 Å². The van der Waals surface area contributed by atoms with Gasteiger partial charge in [0.05, 0.1) is 13.2 Å². The van der Waals surface area contributed by atoms with Gasteiger partial charge in [0.15, 0.2) is 0 Å². The van der Waals surface area contributed by atoms with Crippen LogP contribution >= 0.6 is 15.9 Å². The molecule has 0 amide bonds. The minimum atomic E-state index is -0.101. The van der Waals surface area contributed by atoms with Gasteiger partial charge in [-0.05, 0) is 37.1 Å². The summed E-state index contributed by atoms with van der Waals surface area (Å²) in [5.74, 6) is 0.868. The number of benzene rings is 1. The van der Waals surface area contributed by atoms with Gasteiger partial charge in [-0.3, -0.25) is 0 Å². The van der Waals surface area contributed by atoms with Gasteiger partial charge in [0, 0.05) is 10.0 Å². The Bertz CT molecular complexity index is 374. The lowest BCUT2D eigenvalue weighted by Gasteiger charge is -2.32. The molecule has 4 heteroatoms. The summed E-state index contributed by atoms with van der Waals surface area (Å²) >= 11 is 3.39. The van der Waals surface area contributed by atoms with Gasteiger partial charge >= 0.3 is 0 Å². The van der Waals surface area contributed by atoms with Crippen molar-refractivity contribution in [2.24, 2.45) is 5.73 Å². The minimum Gasteiger partial charge on any atom is -0.491 e. The van der Waals surface area contributed by atoms with E-state index in [1.54, 1.807) is 0 Å². The second-order valence-corrected chi connectivity index (χ2v) is 6.19. The molecule has 0 atom stereocenters. The summed E-state index contributed by atoms with van der Waals surface area (Å²) in [5, 5.41) is 0. The van der Waals surface area contributed by atoms with Crippen LogP contribution in [0.1, 0.15) is 32.1 Å². The van der Waals surface area contributed by atoms with Crippen LogP contribution in [0.25, 0.3) is 0 Å². The maximum absolute atomic E-state index is 6.30. The average molecular weight is 328 g/mol. The van der Waals surface area contributed by atoms with Crippen molar-refractivity contribution in [2.75, 3.05) is 19.8 Å². The summed E-state index contributed by atoms with van der Waals surface area (Å²) < 4.78 is 12.3. The Balaban J connectivity index is 1.60. The monoisotopic (exact) mass is 327 g/mol. The van der Waals surface area contributed by atoms with Crippen molar-refractivity contribution in [2.45, 2.75) is 37.6 Å². The quantitative estimate of drug-likeness (QED) is 0.813. The normalized spacial score (nSPS) is 18.2. The molecule has 19 heavy (non-hydrogen) atoms. The molecule has 0 spiro atoms. The Hall–Kier alpha value is -0.580. The Morgan fingerprint density at radius 1 is 1.05 bits per heavy atom. The minimum absolute atomic E-state index is 0.101. The van der Waals surface area contributed by atoms with Crippen LogP contribution in [0.5, 0.6) is 5.75 Å². The lowest BCUT2D eigenvalue weighted by Crippen LogP contribution is -2.46. The first-order chi connectivity index (χ1) is 9.18. The first-order valence-electron chi connectivity index (χ1n) is 6.93. The molecule has 2 rings (SSSR count). The fourth-order valence-electron chi connectivity index (χ4n) is 2.42. The second-order valence-electron chi connectivity index (χ2n) is 5.28. The molecule has 0 bridgehead atoms. The first-order valence-corrected chi connectivity index (χ1v) is 7.72. The van der Waals surface area contributed by atoms with Gasteiger partial charge in [0.2, 0.25) is 0 Å². The van der Waals surface area contributed by atoms with Crippen molar-refractivity contribution in [3.63, 3.8) is 0 Å². The first kappa shape index (κ1) is 14.8. The van der Waals surface area contributed by atoms with E-state index in [0.717, 1.165) is 23.1 Å². The van der Waals surface area contributed by atoms with Crippen LogP contribution in [-0.4, -0.2) is 25.4 Å². The van der Waals surface area contributed by atoms with Crippen molar-refractivity contribution in [3.05, 3.63) is 28.7 Å². The lowest BCUT2D eigenvalue weighted by atomic mass is 9.83. The fourth-order valence-corrected chi connectivity index (χ4v) is 2.69. The Labute approximate surface area is 123 Å². The standard InChI is InChI=1S/C15H22BrNO2/c16-13-4-6-14(7-5-13)19-11-10-18-12-15(17)8-2-1-3-9-15/h4-7H,1-3,8-12,17H2. The molecule has 1 aliphatic rings. The smallest absolute Gasteiger partial charge is 0.119 e. The summed E-state index contributed by atoms with van der Waals surface area (Å²) in [6, 6.07) is 7.81. The summed E-state index contributed by atoms with van der Waals surface area (Å²) in [6.45, 7) is 1.81. The fraction of sp³-hybridized carbons (Fsp3) is 0.600. The van der Waals surface area contributed by atoms with E-state index in [-0.39, 0.29) is 5.54 Å². The van der Waals surface area contributed by atoms with Crippen LogP contribution in [0.4, 0.5) is 0 Å². The predicted octanol–water partition coefficient (Wildman–Crippen LogP) is 3.51. The highest BCUT2D eigenvalue weighted by Crippen LogP contribution is 2.25. The topological polar surface area (TPSA) is 44.5 Å². The molecule has 106 valence electrons. The highest BCUT2D eigenvalue weighted by Gasteiger charge is 2.27. The van der Waals surface area contributed by atoms with Crippen LogP contribution in [0.15, 0.2) is 28.7 Å². The average Bonchev–Trinajstić information content (AvgIpc) is 2.41. The summed E-state index contributed by atoms with van der Waals surface area (Å²) in [4.78, 5) is 0. The third kappa shape index (κ3) is 5.13. The SMILES string of the molecule is NC1(COCCOc2ccc(Br)cc2)CCCCC1. The van der Waals surface area contributed by atoms with Crippen molar-refractivity contribution in [1.29, 1.82) is 0 Å². The number of hydrogen-bond acceptors (Lipinski definition) is 3. The van der Waals surface area contributed by atoms with Gasteiger partial charge in [-0.25, -0.2) is 0 Å². The van der Waals surface area contributed by atoms with Crippen molar-refractivity contribution < 1.29 is 9.47 Å². The number of ether oxygens (including phenoxy) is 2. The summed E-state index contributed by atoms with van der Waals surface area (Å²) in [5.41, 5.74) is 6.20. The molecule has 3 nitrogen and oxygen atoms in total. The molecule has 0 radical (unpaired) electrons. The molecule has 1 aliphatic carbocycles. The number of halogens is 1. The molecule has 0 aromatic heterocycles. The van der Waals surface area contributed by atoms with E-state index < -0.39 is 0 Å². The van der Waals surface area contributed by atoms with E-state index in [1.807, 2.05) is 24.3 Å². The van der Waals surface area contributed by atoms with E-state index in [1.165, 1.54) is 19.3 Å². The summed E-state index contributed by atoms with van der Waals surface area (Å²) in [7, 11) is 0. The third-order valence-corrected chi connectivity index (χ3v) is 4.08. The van der Waals surface area contributed by atoms with Gasteiger partial charge in [0.25, 0.3) is 0 Å². The van der Waals surface area contributed by atoms with Crippen molar-refractivity contribution >= 4 is 15.9 Å². The Morgan fingerprint density at radius 2 is 1.74 bits per heavy atom. The molecule has 0 aliphatic heterocycles. The zero-order valence-corrected chi connectivity index (χ0v) is 12.8. The maximum Gasteiger partial charge on any atom is 0.119 e. The molecule has 1 saturated carbocycles. The van der Waals surface area contributed by atoms with Crippen LogP contribution < -0.4 is 10.5 Å². The maximum atomic E-state index is 6.30. The van der Waals surface area contributed by atoms with Crippen LogP contribution in [0.2, 0.25) is 0 Å². The highest BCUT2D eigenvalue weighted by atomic mass is 79.9. The molecular weight excluding hydrogens is 306 g/mol. The molecule has 2 N–H and O–H groups in total. The number of rotatable bonds is 6. The van der Waals surface area contributed by atoms with Crippen molar-refractivity contribution in [1.82, 2.24) is 0 Å². The van der Waals surface area contributed by atoms with Gasteiger partial charge in [0.1, 0.15) is 12.4 Å². The third-order valence-electron chi connectivity index (χ3n) is 3.55. The highest BCUT2D eigenvalue weighted by molar-refractivity contribution is 9.10. The van der Waals surface area contributed by atoms with Crippen LogP contribution in [-0.2, 0) is 4.74 Å². The van der Waals surface area contributed by atoms with E-state index in [9.17, 15) is 0 Å². The molecule has 1 aromatic rings.